The minimum atomic E-state index is -4.97. The van der Waals surface area contributed by atoms with Gasteiger partial charge in [0.2, 0.25) is 0 Å². The van der Waals surface area contributed by atoms with Crippen molar-refractivity contribution in [3.8, 4) is 18.1 Å². The first-order chi connectivity index (χ1) is 14.9. The molecule has 1 aromatic rings. The van der Waals surface area contributed by atoms with Crippen molar-refractivity contribution in [2.24, 2.45) is 0 Å². The van der Waals surface area contributed by atoms with E-state index in [2.05, 4.69) is 10.7 Å². The molecule has 0 aliphatic carbocycles. The highest BCUT2D eigenvalue weighted by atomic mass is 19.4. The van der Waals surface area contributed by atoms with Gasteiger partial charge in [0, 0.05) is 38.8 Å². The topological polar surface area (TPSA) is 51.2 Å². The highest BCUT2D eigenvalue weighted by molar-refractivity contribution is 5.68. The first kappa shape index (κ1) is 25.7. The van der Waals surface area contributed by atoms with Crippen LogP contribution in [0.3, 0.4) is 0 Å². The summed E-state index contributed by atoms with van der Waals surface area (Å²) in [7, 11) is 0. The number of halogens is 4. The fourth-order valence-electron chi connectivity index (χ4n) is 3.30. The summed E-state index contributed by atoms with van der Waals surface area (Å²) in [5.74, 6) is 0.407. The Balaban J connectivity index is 2.08. The SMILES string of the molecule is C#CCOCC[C@H]1CN(C(=O)OC(C)(C)C)CCN1Cc1ccc(OC(F)(F)F)c(F)c1. The summed E-state index contributed by atoms with van der Waals surface area (Å²) in [6, 6.07) is 3.23. The molecule has 0 saturated carbocycles. The van der Waals surface area contributed by atoms with Gasteiger partial charge in [0.15, 0.2) is 11.6 Å². The van der Waals surface area contributed by atoms with Crippen molar-refractivity contribution in [2.75, 3.05) is 32.8 Å². The molecule has 0 aromatic heterocycles. The molecule has 1 aromatic carbocycles. The second kappa shape index (κ2) is 10.9. The van der Waals surface area contributed by atoms with E-state index in [-0.39, 0.29) is 19.2 Å². The van der Waals surface area contributed by atoms with Crippen LogP contribution in [-0.2, 0) is 16.0 Å². The van der Waals surface area contributed by atoms with Crippen LogP contribution in [0.5, 0.6) is 5.75 Å². The van der Waals surface area contributed by atoms with E-state index in [9.17, 15) is 22.4 Å². The van der Waals surface area contributed by atoms with Gasteiger partial charge < -0.3 is 19.1 Å². The van der Waals surface area contributed by atoms with E-state index in [4.69, 9.17) is 15.9 Å². The highest BCUT2D eigenvalue weighted by Crippen LogP contribution is 2.27. The number of rotatable bonds is 7. The summed E-state index contributed by atoms with van der Waals surface area (Å²) in [6.07, 6.45) is 0.353. The number of amides is 1. The average molecular weight is 460 g/mol. The smallest absolute Gasteiger partial charge is 0.444 e. The van der Waals surface area contributed by atoms with E-state index in [0.717, 1.165) is 12.1 Å². The van der Waals surface area contributed by atoms with Crippen LogP contribution in [-0.4, -0.2) is 66.7 Å². The molecule has 6 nitrogen and oxygen atoms in total. The molecule has 1 saturated heterocycles. The maximum Gasteiger partial charge on any atom is 0.573 e. The maximum absolute atomic E-state index is 14.1. The average Bonchev–Trinajstić information content (AvgIpc) is 2.66. The maximum atomic E-state index is 14.1. The monoisotopic (exact) mass is 460 g/mol. The fourth-order valence-corrected chi connectivity index (χ4v) is 3.30. The first-order valence-electron chi connectivity index (χ1n) is 10.2. The number of nitrogens with zero attached hydrogens (tertiary/aromatic N) is 2. The molecule has 10 heteroatoms. The van der Waals surface area contributed by atoms with Crippen LogP contribution in [0, 0.1) is 18.2 Å². The molecule has 0 bridgehead atoms. The third kappa shape index (κ3) is 8.55. The summed E-state index contributed by atoms with van der Waals surface area (Å²) >= 11 is 0. The Bertz CT molecular complexity index is 818. The lowest BCUT2D eigenvalue weighted by Gasteiger charge is -2.41. The highest BCUT2D eigenvalue weighted by Gasteiger charge is 2.33. The van der Waals surface area contributed by atoms with E-state index >= 15 is 0 Å². The molecule has 1 amide bonds. The van der Waals surface area contributed by atoms with E-state index in [0.29, 0.717) is 38.2 Å². The van der Waals surface area contributed by atoms with Gasteiger partial charge in [-0.3, -0.25) is 4.90 Å². The number of piperazine rings is 1. The lowest BCUT2D eigenvalue weighted by atomic mass is 10.1. The summed E-state index contributed by atoms with van der Waals surface area (Å²) in [5, 5.41) is 0. The lowest BCUT2D eigenvalue weighted by Crippen LogP contribution is -2.55. The van der Waals surface area contributed by atoms with E-state index in [1.807, 2.05) is 4.90 Å². The Hall–Kier alpha value is -2.51. The van der Waals surface area contributed by atoms with Gasteiger partial charge in [-0.25, -0.2) is 9.18 Å². The zero-order valence-corrected chi connectivity index (χ0v) is 18.4. The molecule has 1 aliphatic heterocycles. The van der Waals surface area contributed by atoms with Gasteiger partial charge in [-0.05, 0) is 44.9 Å². The molecule has 1 atom stereocenters. The number of carbonyl (C=O) groups is 1. The Kier molecular flexibility index (Phi) is 8.75. The Labute approximate surface area is 185 Å². The fraction of sp³-hybridized carbons (Fsp3) is 0.591. The minimum Gasteiger partial charge on any atom is -0.444 e. The van der Waals surface area contributed by atoms with Crippen LogP contribution in [0.2, 0.25) is 0 Å². The minimum absolute atomic E-state index is 0.136. The predicted molar refractivity (Wildman–Crippen MR) is 109 cm³/mol. The van der Waals surface area contributed by atoms with Crippen molar-refractivity contribution in [3.63, 3.8) is 0 Å². The molecule has 2 rings (SSSR count). The number of hydrogen-bond donors (Lipinski definition) is 0. The summed E-state index contributed by atoms with van der Waals surface area (Å²) < 4.78 is 65.7. The second-order valence-electron chi connectivity index (χ2n) is 8.41. The first-order valence-corrected chi connectivity index (χ1v) is 10.2. The van der Waals surface area contributed by atoms with Crippen LogP contribution in [0.4, 0.5) is 22.4 Å². The van der Waals surface area contributed by atoms with Crippen LogP contribution < -0.4 is 4.74 Å². The molecule has 0 unspecified atom stereocenters. The quantitative estimate of drug-likeness (QED) is 0.347. The molecule has 0 spiro atoms. The molecular formula is C22H28F4N2O4. The summed E-state index contributed by atoms with van der Waals surface area (Å²) in [4.78, 5) is 16.1. The Morgan fingerprint density at radius 3 is 2.56 bits per heavy atom. The lowest BCUT2D eigenvalue weighted by molar-refractivity contribution is -0.275. The van der Waals surface area contributed by atoms with E-state index in [1.165, 1.54) is 6.07 Å². The summed E-state index contributed by atoms with van der Waals surface area (Å²) in [5.41, 5.74) is -0.144. The number of hydrogen-bond acceptors (Lipinski definition) is 5. The molecule has 1 aliphatic rings. The largest absolute Gasteiger partial charge is 0.573 e. The normalized spacial score (nSPS) is 17.7. The predicted octanol–water partition coefficient (Wildman–Crippen LogP) is 4.19. The van der Waals surface area contributed by atoms with Crippen molar-refractivity contribution in [1.82, 2.24) is 9.80 Å². The molecular weight excluding hydrogens is 432 g/mol. The number of alkyl halides is 3. The molecule has 0 radical (unpaired) electrons. The zero-order chi connectivity index (χ0) is 23.9. The number of benzene rings is 1. The van der Waals surface area contributed by atoms with Crippen LogP contribution >= 0.6 is 0 Å². The van der Waals surface area contributed by atoms with Crippen LogP contribution in [0.15, 0.2) is 18.2 Å². The van der Waals surface area contributed by atoms with Gasteiger partial charge >= 0.3 is 12.5 Å². The number of terminal acetylenes is 1. The van der Waals surface area contributed by atoms with Gasteiger partial charge in [-0.2, -0.15) is 0 Å². The molecule has 1 heterocycles. The molecule has 178 valence electrons. The van der Waals surface area contributed by atoms with Gasteiger partial charge in [0.05, 0.1) is 0 Å². The number of carbonyl (C=O) groups excluding carboxylic acids is 1. The van der Waals surface area contributed by atoms with Gasteiger partial charge in [-0.15, -0.1) is 19.6 Å². The third-order valence-corrected chi connectivity index (χ3v) is 4.64. The Morgan fingerprint density at radius 1 is 1.25 bits per heavy atom. The molecule has 1 fully saturated rings. The third-order valence-electron chi connectivity index (χ3n) is 4.64. The van der Waals surface area contributed by atoms with E-state index in [1.54, 1.807) is 25.7 Å². The van der Waals surface area contributed by atoms with Crippen molar-refractivity contribution in [2.45, 2.75) is 51.7 Å². The van der Waals surface area contributed by atoms with Crippen molar-refractivity contribution in [1.29, 1.82) is 0 Å². The van der Waals surface area contributed by atoms with Crippen molar-refractivity contribution >= 4 is 6.09 Å². The van der Waals surface area contributed by atoms with Crippen molar-refractivity contribution < 1.29 is 36.6 Å². The van der Waals surface area contributed by atoms with E-state index < -0.39 is 29.6 Å². The summed E-state index contributed by atoms with van der Waals surface area (Å²) in [6.45, 7) is 7.40. The second-order valence-corrected chi connectivity index (χ2v) is 8.41. The van der Waals surface area contributed by atoms with Gasteiger partial charge in [0.25, 0.3) is 0 Å². The van der Waals surface area contributed by atoms with Gasteiger partial charge in [-0.1, -0.05) is 12.0 Å². The van der Waals surface area contributed by atoms with Crippen LogP contribution in [0.1, 0.15) is 32.8 Å². The van der Waals surface area contributed by atoms with Crippen molar-refractivity contribution in [3.05, 3.63) is 29.6 Å². The van der Waals surface area contributed by atoms with Crippen LogP contribution in [0.25, 0.3) is 0 Å². The standard InChI is InChI=1S/C22H28F4N2O4/c1-5-11-30-12-8-17-15-28(20(29)32-21(2,3)4)10-9-27(17)14-16-6-7-19(18(23)13-16)31-22(24,25)26/h1,6-7,13,17H,8-12,14-15H2,2-4H3/t17-/m0/s1. The zero-order valence-electron chi connectivity index (χ0n) is 18.4. The number of ether oxygens (including phenoxy) is 3. The van der Waals surface area contributed by atoms with Gasteiger partial charge in [0.1, 0.15) is 12.2 Å². The molecule has 32 heavy (non-hydrogen) atoms. The Morgan fingerprint density at radius 2 is 1.97 bits per heavy atom. The molecule has 0 N–H and O–H groups in total.